The van der Waals surface area contributed by atoms with E-state index in [2.05, 4.69) is 4.72 Å². The Morgan fingerprint density at radius 1 is 1.13 bits per heavy atom. The molecule has 1 N–H and O–H groups in total. The minimum Gasteiger partial charge on any atom is -0.341 e. The van der Waals surface area contributed by atoms with E-state index in [9.17, 15) is 26.4 Å². The maximum atomic E-state index is 14.3. The normalized spacial score (nSPS) is 23.6. The van der Waals surface area contributed by atoms with Gasteiger partial charge in [-0.15, -0.1) is 0 Å². The van der Waals surface area contributed by atoms with Crippen LogP contribution in [0, 0.1) is 23.4 Å². The van der Waals surface area contributed by atoms with Gasteiger partial charge < -0.3 is 4.90 Å². The third kappa shape index (κ3) is 4.22. The Hall–Kier alpha value is -2.39. The zero-order valence-corrected chi connectivity index (χ0v) is 17.1. The highest BCUT2D eigenvalue weighted by Gasteiger charge is 2.48. The van der Waals surface area contributed by atoms with Crippen LogP contribution in [0.25, 0.3) is 11.1 Å². The van der Waals surface area contributed by atoms with Gasteiger partial charge in [0.05, 0.1) is 11.8 Å². The summed E-state index contributed by atoms with van der Waals surface area (Å²) in [7, 11) is -3.36. The van der Waals surface area contributed by atoms with Gasteiger partial charge in [0.2, 0.25) is 15.9 Å². The molecule has 5 nitrogen and oxygen atoms in total. The lowest BCUT2D eigenvalue weighted by Crippen LogP contribution is -2.38. The predicted molar refractivity (Wildman–Crippen MR) is 106 cm³/mol. The van der Waals surface area contributed by atoms with Crippen molar-refractivity contribution in [3.05, 3.63) is 59.4 Å². The lowest BCUT2D eigenvalue weighted by Gasteiger charge is -2.17. The maximum Gasteiger partial charge on any atom is 0.226 e. The Balaban J connectivity index is 1.54. The molecule has 1 aliphatic carbocycles. The molecule has 1 aliphatic heterocycles. The lowest BCUT2D eigenvalue weighted by molar-refractivity contribution is -0.131. The number of nitrogens with one attached hydrogen (secondary N) is 1. The lowest BCUT2D eigenvalue weighted by atomic mass is 9.94. The Labute approximate surface area is 172 Å². The van der Waals surface area contributed by atoms with Crippen molar-refractivity contribution in [2.45, 2.75) is 24.8 Å². The Kier molecular flexibility index (Phi) is 5.36. The predicted octanol–water partition coefficient (Wildman–Crippen LogP) is 3.02. The highest BCUT2D eigenvalue weighted by Crippen LogP contribution is 2.52. The fourth-order valence-corrected chi connectivity index (χ4v) is 5.03. The van der Waals surface area contributed by atoms with Crippen LogP contribution < -0.4 is 4.72 Å². The largest absolute Gasteiger partial charge is 0.341 e. The van der Waals surface area contributed by atoms with Crippen LogP contribution in [0.1, 0.15) is 24.3 Å². The molecular formula is C21H21F3N2O3S. The van der Waals surface area contributed by atoms with E-state index in [1.807, 2.05) is 0 Å². The Morgan fingerprint density at radius 2 is 1.83 bits per heavy atom. The van der Waals surface area contributed by atoms with Crippen molar-refractivity contribution < 1.29 is 26.4 Å². The standard InChI is InChI=1S/C21H21F3N2O3S/c1-30(28,29)25-13-7-8-26(11-13)21(27)17-10-15(17)14-6-5-12(22)9-16(14)20-18(23)3-2-4-19(20)24/h2-6,9,13,15,17,25H,7-8,10-11H2,1H3/t13-,15?,17?/m0/s1. The molecule has 9 heteroatoms. The molecule has 0 radical (unpaired) electrons. The number of amides is 1. The molecule has 0 bridgehead atoms. The molecule has 30 heavy (non-hydrogen) atoms. The summed E-state index contributed by atoms with van der Waals surface area (Å²) in [4.78, 5) is 14.5. The third-order valence-electron chi connectivity index (χ3n) is 5.64. The second kappa shape index (κ2) is 7.70. The first-order valence-electron chi connectivity index (χ1n) is 9.64. The number of hydrogen-bond acceptors (Lipinski definition) is 3. The van der Waals surface area contributed by atoms with Crippen molar-refractivity contribution in [2.24, 2.45) is 5.92 Å². The van der Waals surface area contributed by atoms with Crippen molar-refractivity contribution in [1.82, 2.24) is 9.62 Å². The van der Waals surface area contributed by atoms with Gasteiger partial charge in [0.1, 0.15) is 17.5 Å². The van der Waals surface area contributed by atoms with Gasteiger partial charge >= 0.3 is 0 Å². The highest BCUT2D eigenvalue weighted by atomic mass is 32.2. The smallest absolute Gasteiger partial charge is 0.226 e. The topological polar surface area (TPSA) is 66.5 Å². The molecule has 2 aliphatic rings. The van der Waals surface area contributed by atoms with Crippen molar-refractivity contribution >= 4 is 15.9 Å². The van der Waals surface area contributed by atoms with E-state index in [4.69, 9.17) is 0 Å². The van der Waals surface area contributed by atoms with Crippen LogP contribution in [0.15, 0.2) is 36.4 Å². The monoisotopic (exact) mass is 438 g/mol. The molecule has 2 aromatic rings. The van der Waals surface area contributed by atoms with E-state index in [0.717, 1.165) is 24.5 Å². The summed E-state index contributed by atoms with van der Waals surface area (Å²) < 4.78 is 67.8. The fraction of sp³-hybridized carbons (Fsp3) is 0.381. The van der Waals surface area contributed by atoms with Crippen molar-refractivity contribution in [3.8, 4) is 11.1 Å². The minimum atomic E-state index is -3.36. The second-order valence-electron chi connectivity index (χ2n) is 7.94. The van der Waals surface area contributed by atoms with E-state index in [1.165, 1.54) is 18.2 Å². The SMILES string of the molecule is CS(=O)(=O)N[C@H]1CCN(C(=O)C2CC2c2ccc(F)cc2-c2c(F)cccc2F)C1. The quantitative estimate of drug-likeness (QED) is 0.781. The van der Waals surface area contributed by atoms with E-state index in [0.29, 0.717) is 24.9 Å². The second-order valence-corrected chi connectivity index (χ2v) is 9.72. The summed E-state index contributed by atoms with van der Waals surface area (Å²) >= 11 is 0. The number of sulfonamides is 1. The molecular weight excluding hydrogens is 417 g/mol. The summed E-state index contributed by atoms with van der Waals surface area (Å²) in [5, 5.41) is 0. The number of rotatable bonds is 5. The van der Waals surface area contributed by atoms with Crippen LogP contribution in [-0.4, -0.2) is 44.6 Å². The van der Waals surface area contributed by atoms with Crippen LogP contribution in [0.2, 0.25) is 0 Å². The van der Waals surface area contributed by atoms with Crippen molar-refractivity contribution in [1.29, 1.82) is 0 Å². The van der Waals surface area contributed by atoms with Crippen molar-refractivity contribution in [2.75, 3.05) is 19.3 Å². The molecule has 0 spiro atoms. The summed E-state index contributed by atoms with van der Waals surface area (Å²) in [6, 6.07) is 6.94. The molecule has 4 rings (SSSR count). The van der Waals surface area contributed by atoms with E-state index >= 15 is 0 Å². The summed E-state index contributed by atoms with van der Waals surface area (Å²) in [6.45, 7) is 0.723. The molecule has 2 fully saturated rings. The van der Waals surface area contributed by atoms with Gasteiger partial charge in [-0.2, -0.15) is 0 Å². The summed E-state index contributed by atoms with van der Waals surface area (Å²) in [5.74, 6) is -2.97. The molecule has 0 aromatic heterocycles. The van der Waals surface area contributed by atoms with Crippen molar-refractivity contribution in [3.63, 3.8) is 0 Å². The molecule has 3 atom stereocenters. The average Bonchev–Trinajstić information content (AvgIpc) is 3.31. The number of hydrogen-bond donors (Lipinski definition) is 1. The van der Waals surface area contributed by atoms with Crippen LogP contribution >= 0.6 is 0 Å². The average molecular weight is 438 g/mol. The molecule has 160 valence electrons. The summed E-state index contributed by atoms with van der Waals surface area (Å²) in [5.41, 5.74) is 0.344. The molecule has 1 amide bonds. The molecule has 1 heterocycles. The zero-order valence-electron chi connectivity index (χ0n) is 16.2. The Morgan fingerprint density at radius 3 is 2.50 bits per heavy atom. The van der Waals surface area contributed by atoms with Gasteiger partial charge in [-0.25, -0.2) is 26.3 Å². The first-order chi connectivity index (χ1) is 14.1. The zero-order chi connectivity index (χ0) is 21.6. The molecule has 2 aromatic carbocycles. The number of nitrogens with zero attached hydrogens (tertiary/aromatic N) is 1. The van der Waals surface area contributed by atoms with E-state index < -0.39 is 27.5 Å². The molecule has 1 saturated heterocycles. The van der Waals surface area contributed by atoms with Gasteiger partial charge in [-0.1, -0.05) is 12.1 Å². The number of halogens is 3. The van der Waals surface area contributed by atoms with Crippen LogP contribution in [0.4, 0.5) is 13.2 Å². The van der Waals surface area contributed by atoms with Gasteiger partial charge in [0, 0.05) is 25.0 Å². The van der Waals surface area contributed by atoms with Gasteiger partial charge in [0.15, 0.2) is 0 Å². The number of benzene rings is 2. The third-order valence-corrected chi connectivity index (χ3v) is 6.40. The van der Waals surface area contributed by atoms with Gasteiger partial charge in [0.25, 0.3) is 0 Å². The van der Waals surface area contributed by atoms with Gasteiger partial charge in [-0.05, 0) is 54.2 Å². The first-order valence-corrected chi connectivity index (χ1v) is 11.5. The van der Waals surface area contributed by atoms with E-state index in [-0.39, 0.29) is 41.5 Å². The maximum absolute atomic E-state index is 14.3. The Bertz CT molecular complexity index is 1090. The van der Waals surface area contributed by atoms with Crippen LogP contribution in [0.5, 0.6) is 0 Å². The van der Waals surface area contributed by atoms with E-state index in [1.54, 1.807) is 4.90 Å². The molecule has 1 saturated carbocycles. The number of carbonyl (C=O) groups excluding carboxylic acids is 1. The first kappa shape index (κ1) is 20.9. The summed E-state index contributed by atoms with van der Waals surface area (Å²) in [6.07, 6.45) is 2.10. The van der Waals surface area contributed by atoms with Gasteiger partial charge in [-0.3, -0.25) is 4.79 Å². The van der Waals surface area contributed by atoms with Crippen LogP contribution in [-0.2, 0) is 14.8 Å². The molecule has 2 unspecified atom stereocenters. The number of likely N-dealkylation sites (tertiary alicyclic amines) is 1. The highest BCUT2D eigenvalue weighted by molar-refractivity contribution is 7.88. The minimum absolute atomic E-state index is 0.115. The number of carbonyl (C=O) groups is 1. The van der Waals surface area contributed by atoms with Crippen LogP contribution in [0.3, 0.4) is 0 Å². The fourth-order valence-electron chi connectivity index (χ4n) is 4.23.